The van der Waals surface area contributed by atoms with Gasteiger partial charge < -0.3 is 15.4 Å². The highest BCUT2D eigenvalue weighted by molar-refractivity contribution is 6.30. The van der Waals surface area contributed by atoms with Crippen molar-refractivity contribution in [1.29, 1.82) is 0 Å². The van der Waals surface area contributed by atoms with Crippen LogP contribution >= 0.6 is 11.6 Å². The van der Waals surface area contributed by atoms with Crippen LogP contribution in [-0.4, -0.2) is 30.1 Å². The minimum atomic E-state index is -4.56. The zero-order valence-corrected chi connectivity index (χ0v) is 14.9. The second kappa shape index (κ2) is 8.14. The molecule has 0 radical (unpaired) electrons. The molecule has 1 amide bonds. The predicted molar refractivity (Wildman–Crippen MR) is 95.3 cm³/mol. The van der Waals surface area contributed by atoms with E-state index in [0.717, 1.165) is 18.9 Å². The molecule has 3 rings (SSSR count). The van der Waals surface area contributed by atoms with Crippen LogP contribution in [0.5, 0.6) is 0 Å². The van der Waals surface area contributed by atoms with E-state index in [9.17, 15) is 18.0 Å². The van der Waals surface area contributed by atoms with E-state index >= 15 is 0 Å². The Morgan fingerprint density at radius 1 is 1.30 bits per heavy atom. The van der Waals surface area contributed by atoms with Crippen molar-refractivity contribution in [3.63, 3.8) is 0 Å². The first kappa shape index (κ1) is 19.4. The first-order valence-electron chi connectivity index (χ1n) is 8.32. The molecule has 1 fully saturated rings. The van der Waals surface area contributed by atoms with Crippen LogP contribution < -0.4 is 10.6 Å². The normalized spacial score (nSPS) is 17.0. The van der Waals surface area contributed by atoms with E-state index in [2.05, 4.69) is 15.6 Å². The first-order valence-corrected chi connectivity index (χ1v) is 8.70. The van der Waals surface area contributed by atoms with E-state index in [1.165, 1.54) is 30.5 Å². The van der Waals surface area contributed by atoms with Crippen LogP contribution in [-0.2, 0) is 10.9 Å². The summed E-state index contributed by atoms with van der Waals surface area (Å²) in [6.45, 7) is 1.12. The zero-order valence-electron chi connectivity index (χ0n) is 14.1. The van der Waals surface area contributed by atoms with Crippen LogP contribution in [0.4, 0.5) is 24.7 Å². The van der Waals surface area contributed by atoms with Gasteiger partial charge in [-0.15, -0.1) is 0 Å². The molecule has 0 saturated carbocycles. The van der Waals surface area contributed by atoms with E-state index in [4.69, 9.17) is 16.3 Å². The van der Waals surface area contributed by atoms with E-state index in [0.29, 0.717) is 18.7 Å². The molecule has 0 bridgehead atoms. The smallest absolute Gasteiger partial charge is 0.376 e. The SMILES string of the molecule is O=C(NCC1CCCO1)c1ccc(Nc2ccc(Cl)cc2C(F)(F)F)nc1. The van der Waals surface area contributed by atoms with Crippen LogP contribution in [0.1, 0.15) is 28.8 Å². The maximum atomic E-state index is 13.1. The van der Waals surface area contributed by atoms with Crippen LogP contribution in [0.3, 0.4) is 0 Å². The van der Waals surface area contributed by atoms with E-state index < -0.39 is 11.7 Å². The minimum absolute atomic E-state index is 0.0147. The maximum absolute atomic E-state index is 13.1. The number of carbonyl (C=O) groups excluding carboxylic acids is 1. The van der Waals surface area contributed by atoms with Gasteiger partial charge in [-0.1, -0.05) is 11.6 Å². The molecule has 2 aromatic rings. The lowest BCUT2D eigenvalue weighted by molar-refractivity contribution is -0.136. The Balaban J connectivity index is 1.66. The second-order valence-electron chi connectivity index (χ2n) is 6.09. The molecular weight excluding hydrogens is 383 g/mol. The number of pyridine rings is 1. The van der Waals surface area contributed by atoms with Gasteiger partial charge in [-0.05, 0) is 43.2 Å². The molecule has 5 nitrogen and oxygen atoms in total. The Bertz CT molecular complexity index is 806. The van der Waals surface area contributed by atoms with Gasteiger partial charge in [-0.25, -0.2) is 4.98 Å². The molecule has 1 aromatic heterocycles. The quantitative estimate of drug-likeness (QED) is 0.782. The number of carbonyl (C=O) groups is 1. The molecule has 0 spiro atoms. The number of alkyl halides is 3. The summed E-state index contributed by atoms with van der Waals surface area (Å²) in [7, 11) is 0. The van der Waals surface area contributed by atoms with Crippen molar-refractivity contribution in [2.45, 2.75) is 25.1 Å². The van der Waals surface area contributed by atoms with Crippen molar-refractivity contribution >= 4 is 29.0 Å². The average molecular weight is 400 g/mol. The number of ether oxygens (including phenoxy) is 1. The third kappa shape index (κ3) is 5.11. The Hall–Kier alpha value is -2.32. The monoisotopic (exact) mass is 399 g/mol. The largest absolute Gasteiger partial charge is 0.418 e. The van der Waals surface area contributed by atoms with Crippen molar-refractivity contribution in [2.24, 2.45) is 0 Å². The standard InChI is InChI=1S/C18H17ClF3N3O2/c19-12-4-5-15(14(8-12)18(20,21)22)25-16-6-3-11(9-23-16)17(26)24-10-13-2-1-7-27-13/h3-6,8-9,13H,1-2,7,10H2,(H,23,25)(H,24,26). The van der Waals surface area contributed by atoms with E-state index in [-0.39, 0.29) is 28.5 Å². The van der Waals surface area contributed by atoms with Gasteiger partial charge in [0.1, 0.15) is 5.82 Å². The van der Waals surface area contributed by atoms with Gasteiger partial charge in [0.05, 0.1) is 22.9 Å². The van der Waals surface area contributed by atoms with Gasteiger partial charge in [0.25, 0.3) is 5.91 Å². The molecule has 9 heteroatoms. The molecule has 144 valence electrons. The van der Waals surface area contributed by atoms with Crippen molar-refractivity contribution in [3.05, 3.63) is 52.7 Å². The fourth-order valence-corrected chi connectivity index (χ4v) is 2.89. The third-order valence-electron chi connectivity index (χ3n) is 4.09. The predicted octanol–water partition coefficient (Wildman–Crippen LogP) is 4.41. The van der Waals surface area contributed by atoms with Gasteiger partial charge in [-0.3, -0.25) is 4.79 Å². The summed E-state index contributed by atoms with van der Waals surface area (Å²) >= 11 is 5.66. The third-order valence-corrected chi connectivity index (χ3v) is 4.32. The summed E-state index contributed by atoms with van der Waals surface area (Å²) in [5.41, 5.74) is -0.754. The summed E-state index contributed by atoms with van der Waals surface area (Å²) in [6.07, 6.45) is -1.35. The Labute approximate surface area is 158 Å². The average Bonchev–Trinajstić information content (AvgIpc) is 3.14. The Morgan fingerprint density at radius 2 is 2.11 bits per heavy atom. The molecule has 27 heavy (non-hydrogen) atoms. The number of nitrogens with one attached hydrogen (secondary N) is 2. The lowest BCUT2D eigenvalue weighted by atomic mass is 10.1. The van der Waals surface area contributed by atoms with Crippen molar-refractivity contribution in [3.8, 4) is 0 Å². The summed E-state index contributed by atoms with van der Waals surface area (Å²) < 4.78 is 44.8. The topological polar surface area (TPSA) is 63.2 Å². The van der Waals surface area contributed by atoms with Crippen LogP contribution in [0.2, 0.25) is 5.02 Å². The van der Waals surface area contributed by atoms with Gasteiger partial charge >= 0.3 is 6.18 Å². The Morgan fingerprint density at radius 3 is 2.74 bits per heavy atom. The molecule has 1 unspecified atom stereocenters. The first-order chi connectivity index (χ1) is 12.8. The minimum Gasteiger partial charge on any atom is -0.376 e. The van der Waals surface area contributed by atoms with Gasteiger partial charge in [0.15, 0.2) is 0 Å². The number of anilines is 2. The maximum Gasteiger partial charge on any atom is 0.418 e. The lowest BCUT2D eigenvalue weighted by Gasteiger charge is -2.15. The molecule has 1 aliphatic rings. The number of hydrogen-bond acceptors (Lipinski definition) is 4. The number of halogens is 4. The summed E-state index contributed by atoms with van der Waals surface area (Å²) in [5, 5.41) is 5.35. The number of amides is 1. The molecular formula is C18H17ClF3N3O2. The molecule has 0 aliphatic carbocycles. The highest BCUT2D eigenvalue weighted by atomic mass is 35.5. The highest BCUT2D eigenvalue weighted by Gasteiger charge is 2.34. The molecule has 2 heterocycles. The van der Waals surface area contributed by atoms with Crippen molar-refractivity contribution in [1.82, 2.24) is 10.3 Å². The molecule has 2 N–H and O–H groups in total. The second-order valence-corrected chi connectivity index (χ2v) is 6.53. The van der Waals surface area contributed by atoms with Gasteiger partial charge in [-0.2, -0.15) is 13.2 Å². The van der Waals surface area contributed by atoms with Crippen LogP contribution in [0.15, 0.2) is 36.5 Å². The molecule has 1 aromatic carbocycles. The molecule has 1 saturated heterocycles. The summed E-state index contributed by atoms with van der Waals surface area (Å²) in [4.78, 5) is 16.1. The fourth-order valence-electron chi connectivity index (χ4n) is 2.71. The van der Waals surface area contributed by atoms with E-state index in [1.54, 1.807) is 0 Å². The zero-order chi connectivity index (χ0) is 19.4. The summed E-state index contributed by atoms with van der Waals surface area (Å²) in [6, 6.07) is 6.36. The van der Waals surface area contributed by atoms with Crippen LogP contribution in [0, 0.1) is 0 Å². The molecule has 1 aliphatic heterocycles. The summed E-state index contributed by atoms with van der Waals surface area (Å²) in [5.74, 6) is -0.134. The lowest BCUT2D eigenvalue weighted by Crippen LogP contribution is -2.31. The molecule has 1 atom stereocenters. The van der Waals surface area contributed by atoms with Gasteiger partial charge in [0, 0.05) is 24.4 Å². The number of rotatable bonds is 5. The van der Waals surface area contributed by atoms with Gasteiger partial charge in [0.2, 0.25) is 0 Å². The highest BCUT2D eigenvalue weighted by Crippen LogP contribution is 2.37. The fraction of sp³-hybridized carbons (Fsp3) is 0.333. The number of benzene rings is 1. The van der Waals surface area contributed by atoms with Crippen molar-refractivity contribution < 1.29 is 22.7 Å². The van der Waals surface area contributed by atoms with Crippen molar-refractivity contribution in [2.75, 3.05) is 18.5 Å². The number of hydrogen-bond donors (Lipinski definition) is 2. The van der Waals surface area contributed by atoms with Crippen LogP contribution in [0.25, 0.3) is 0 Å². The van der Waals surface area contributed by atoms with E-state index in [1.807, 2.05) is 0 Å². The number of nitrogens with zero attached hydrogens (tertiary/aromatic N) is 1. The number of aromatic nitrogens is 1. The Kier molecular flexibility index (Phi) is 5.86.